The Morgan fingerprint density at radius 1 is 0.679 bits per heavy atom. The third kappa shape index (κ3) is 5.17. The first-order valence-electron chi connectivity index (χ1n) is 9.62. The first kappa shape index (κ1) is 20.0. The molecule has 0 heterocycles. The van der Waals surface area contributed by atoms with E-state index in [2.05, 4.69) is 39.2 Å². The summed E-state index contributed by atoms with van der Waals surface area (Å²) < 4.78 is 12.3. The van der Waals surface area contributed by atoms with Crippen LogP contribution >= 0.6 is 0 Å². The lowest BCUT2D eigenvalue weighted by Crippen LogP contribution is -2.43. The highest BCUT2D eigenvalue weighted by Crippen LogP contribution is 2.37. The second-order valence-corrected chi connectivity index (χ2v) is 13.2. The van der Waals surface area contributed by atoms with Gasteiger partial charge in [0.1, 0.15) is 17.2 Å². The van der Waals surface area contributed by atoms with Crippen molar-refractivity contribution < 1.29 is 9.16 Å². The van der Waals surface area contributed by atoms with E-state index in [1.54, 1.807) is 0 Å². The minimum atomic E-state index is -1.82. The van der Waals surface area contributed by atoms with Crippen molar-refractivity contribution in [3.05, 3.63) is 78.9 Å². The molecule has 0 saturated heterocycles. The number of ether oxygens (including phenoxy) is 1. The highest BCUT2D eigenvalue weighted by Gasteiger charge is 2.38. The fraction of sp³-hybridized carbons (Fsp3) is 0.250. The van der Waals surface area contributed by atoms with Crippen molar-refractivity contribution in [1.82, 2.24) is 0 Å². The van der Waals surface area contributed by atoms with Crippen molar-refractivity contribution in [3.63, 3.8) is 0 Å². The van der Waals surface area contributed by atoms with Crippen molar-refractivity contribution in [1.29, 1.82) is 0 Å². The average Bonchev–Trinajstić information content (AvgIpc) is 2.63. The lowest BCUT2D eigenvalue weighted by Gasteiger charge is -2.36. The molecule has 4 heteroatoms. The molecule has 3 rings (SSSR count). The lowest BCUT2D eigenvalue weighted by molar-refractivity contribution is 0.483. The Kier molecular flexibility index (Phi) is 5.80. The lowest BCUT2D eigenvalue weighted by atomic mass is 10.2. The fourth-order valence-corrected chi connectivity index (χ4v) is 3.51. The van der Waals surface area contributed by atoms with Gasteiger partial charge in [-0.1, -0.05) is 45.0 Å². The van der Waals surface area contributed by atoms with Gasteiger partial charge in [-0.3, -0.25) is 0 Å². The molecular weight excluding hydrogens is 362 g/mol. The Balaban J connectivity index is 1.67. The first-order valence-corrected chi connectivity index (χ1v) is 12.5. The monoisotopic (exact) mass is 391 g/mol. The van der Waals surface area contributed by atoms with Crippen LogP contribution < -0.4 is 14.5 Å². The van der Waals surface area contributed by atoms with Gasteiger partial charge in [0.15, 0.2) is 0 Å². The zero-order chi connectivity index (χ0) is 20.2. The maximum absolute atomic E-state index is 6.35. The Labute approximate surface area is 169 Å². The van der Waals surface area contributed by atoms with Crippen molar-refractivity contribution in [2.24, 2.45) is 0 Å². The molecule has 0 fully saturated rings. The van der Waals surface area contributed by atoms with Crippen molar-refractivity contribution in [2.45, 2.75) is 38.9 Å². The predicted octanol–water partition coefficient (Wildman–Crippen LogP) is 7.61. The van der Waals surface area contributed by atoms with Crippen LogP contribution in [0.2, 0.25) is 18.1 Å². The van der Waals surface area contributed by atoms with Gasteiger partial charge in [-0.05, 0) is 66.7 Å². The maximum Gasteiger partial charge on any atom is 0.250 e. The Bertz CT molecular complexity index is 900. The molecule has 0 saturated carbocycles. The average molecular weight is 392 g/mol. The van der Waals surface area contributed by atoms with Crippen LogP contribution in [0.5, 0.6) is 17.2 Å². The highest BCUT2D eigenvalue weighted by molar-refractivity contribution is 6.74. The number of hydrogen-bond donors (Lipinski definition) is 1. The summed E-state index contributed by atoms with van der Waals surface area (Å²) in [6.07, 6.45) is 0. The van der Waals surface area contributed by atoms with Crippen LogP contribution in [-0.4, -0.2) is 8.32 Å². The highest BCUT2D eigenvalue weighted by atomic mass is 28.4. The van der Waals surface area contributed by atoms with E-state index in [1.165, 1.54) is 0 Å². The number of hydrogen-bond acceptors (Lipinski definition) is 3. The van der Waals surface area contributed by atoms with Crippen LogP contribution in [0.4, 0.5) is 11.4 Å². The van der Waals surface area contributed by atoms with E-state index in [0.717, 1.165) is 28.6 Å². The summed E-state index contributed by atoms with van der Waals surface area (Å²) in [5, 5.41) is 3.61. The Hall–Kier alpha value is -2.72. The Morgan fingerprint density at radius 2 is 1.32 bits per heavy atom. The molecule has 0 unspecified atom stereocenters. The van der Waals surface area contributed by atoms with Gasteiger partial charge in [0.05, 0.1) is 0 Å². The van der Waals surface area contributed by atoms with Crippen LogP contribution in [0, 0.1) is 0 Å². The van der Waals surface area contributed by atoms with Gasteiger partial charge >= 0.3 is 0 Å². The van der Waals surface area contributed by atoms with E-state index < -0.39 is 8.32 Å². The van der Waals surface area contributed by atoms with E-state index in [0.29, 0.717) is 0 Å². The molecule has 0 atom stereocenters. The molecule has 1 N–H and O–H groups in total. The van der Waals surface area contributed by atoms with Crippen molar-refractivity contribution >= 4 is 19.7 Å². The fourth-order valence-electron chi connectivity index (χ4n) is 2.48. The number of nitrogens with one attached hydrogen (secondary N) is 1. The summed E-state index contributed by atoms with van der Waals surface area (Å²) in [6, 6.07) is 25.9. The smallest absolute Gasteiger partial charge is 0.250 e. The molecule has 0 aromatic heterocycles. The molecule has 28 heavy (non-hydrogen) atoms. The molecule has 0 aliphatic heterocycles. The molecule has 0 radical (unpaired) electrons. The molecule has 0 aliphatic carbocycles. The van der Waals surface area contributed by atoms with Gasteiger partial charge in [0, 0.05) is 17.4 Å². The second-order valence-electron chi connectivity index (χ2n) is 8.45. The van der Waals surface area contributed by atoms with Crippen molar-refractivity contribution in [3.8, 4) is 17.2 Å². The van der Waals surface area contributed by atoms with Crippen LogP contribution in [0.1, 0.15) is 20.8 Å². The summed E-state index contributed by atoms with van der Waals surface area (Å²) >= 11 is 0. The largest absolute Gasteiger partial charge is 0.544 e. The minimum Gasteiger partial charge on any atom is -0.544 e. The van der Waals surface area contributed by atoms with Gasteiger partial charge in [-0.15, -0.1) is 0 Å². The standard InChI is InChI=1S/C24H29NO2Si/c1-24(2,3)28(4,5)27-22-16-14-19(15-17-22)25-20-10-9-13-23(18-20)26-21-11-7-6-8-12-21/h6-18,25H,1-5H3. The number of benzene rings is 3. The molecule has 0 spiro atoms. The molecular formula is C24H29NO2Si. The molecule has 0 bridgehead atoms. The third-order valence-corrected chi connectivity index (χ3v) is 9.49. The quantitative estimate of drug-likeness (QED) is 0.439. The third-order valence-electron chi connectivity index (χ3n) is 5.14. The normalized spacial score (nSPS) is 11.8. The zero-order valence-electron chi connectivity index (χ0n) is 17.3. The van der Waals surface area contributed by atoms with Crippen LogP contribution in [-0.2, 0) is 0 Å². The van der Waals surface area contributed by atoms with Crippen LogP contribution in [0.3, 0.4) is 0 Å². The minimum absolute atomic E-state index is 0.184. The number of anilines is 2. The van der Waals surface area contributed by atoms with Gasteiger partial charge in [-0.25, -0.2) is 0 Å². The summed E-state index contributed by atoms with van der Waals surface area (Å²) in [7, 11) is -1.82. The van der Waals surface area contributed by atoms with Gasteiger partial charge in [-0.2, -0.15) is 0 Å². The van der Waals surface area contributed by atoms with Gasteiger partial charge < -0.3 is 14.5 Å². The number of para-hydroxylation sites is 1. The molecule has 3 nitrogen and oxygen atoms in total. The van der Waals surface area contributed by atoms with Crippen LogP contribution in [0.25, 0.3) is 0 Å². The SMILES string of the molecule is CC(C)(C)[Si](C)(C)Oc1ccc(Nc2cccc(Oc3ccccc3)c2)cc1. The summed E-state index contributed by atoms with van der Waals surface area (Å²) in [5.41, 5.74) is 1.99. The number of rotatable bonds is 6. The molecule has 3 aromatic carbocycles. The van der Waals surface area contributed by atoms with Gasteiger partial charge in [0.2, 0.25) is 8.32 Å². The van der Waals surface area contributed by atoms with E-state index >= 15 is 0 Å². The summed E-state index contributed by atoms with van der Waals surface area (Å²) in [4.78, 5) is 0. The van der Waals surface area contributed by atoms with E-state index in [9.17, 15) is 0 Å². The van der Waals surface area contributed by atoms with Gasteiger partial charge in [0.25, 0.3) is 0 Å². The maximum atomic E-state index is 6.35. The summed E-state index contributed by atoms with van der Waals surface area (Å²) in [6.45, 7) is 11.3. The Morgan fingerprint density at radius 3 is 1.96 bits per heavy atom. The molecule has 0 aliphatic rings. The first-order chi connectivity index (χ1) is 13.2. The molecule has 0 amide bonds. The van der Waals surface area contributed by atoms with Crippen LogP contribution in [0.15, 0.2) is 78.9 Å². The molecule has 146 valence electrons. The second kappa shape index (κ2) is 8.11. The zero-order valence-corrected chi connectivity index (χ0v) is 18.3. The van der Waals surface area contributed by atoms with E-state index in [1.807, 2.05) is 78.9 Å². The van der Waals surface area contributed by atoms with Crippen molar-refractivity contribution in [2.75, 3.05) is 5.32 Å². The molecule has 3 aromatic rings. The van der Waals surface area contributed by atoms with E-state index in [4.69, 9.17) is 9.16 Å². The predicted molar refractivity (Wildman–Crippen MR) is 121 cm³/mol. The summed E-state index contributed by atoms with van der Waals surface area (Å²) in [5.74, 6) is 2.55. The van der Waals surface area contributed by atoms with E-state index in [-0.39, 0.29) is 5.04 Å². The topological polar surface area (TPSA) is 30.5 Å².